The van der Waals surface area contributed by atoms with Crippen molar-refractivity contribution in [3.8, 4) is 0 Å². The second kappa shape index (κ2) is 6.83. The number of hydrogen-bond donors (Lipinski definition) is 1. The highest BCUT2D eigenvalue weighted by molar-refractivity contribution is 5.76. The lowest BCUT2D eigenvalue weighted by atomic mass is 10.0. The van der Waals surface area contributed by atoms with Crippen molar-refractivity contribution in [2.45, 2.75) is 58.6 Å². The number of carbonyl (C=O) groups excluding carboxylic acids is 1. The highest BCUT2D eigenvalue weighted by atomic mass is 16.5. The molecule has 1 saturated heterocycles. The van der Waals surface area contributed by atoms with E-state index in [1.54, 1.807) is 0 Å². The van der Waals surface area contributed by atoms with Crippen LogP contribution in [-0.4, -0.2) is 33.6 Å². The number of nitrogens with zero attached hydrogens (tertiary/aromatic N) is 3. The van der Waals surface area contributed by atoms with Crippen LogP contribution in [-0.2, 0) is 28.9 Å². The normalized spacial score (nSPS) is 18.9. The van der Waals surface area contributed by atoms with E-state index < -0.39 is 0 Å². The van der Waals surface area contributed by atoms with E-state index in [0.717, 1.165) is 50.2 Å². The van der Waals surface area contributed by atoms with Crippen LogP contribution in [0.25, 0.3) is 0 Å². The molecule has 6 heteroatoms. The third kappa shape index (κ3) is 4.03. The number of hydrogen-bond acceptors (Lipinski definition) is 4. The molecule has 0 saturated carbocycles. The summed E-state index contributed by atoms with van der Waals surface area (Å²) in [6.07, 6.45) is 4.48. The van der Waals surface area contributed by atoms with Crippen LogP contribution in [0.15, 0.2) is 0 Å². The highest BCUT2D eigenvalue weighted by Gasteiger charge is 2.21. The molecule has 2 heterocycles. The Morgan fingerprint density at radius 2 is 2.35 bits per heavy atom. The maximum Gasteiger partial charge on any atom is 0.223 e. The van der Waals surface area contributed by atoms with Gasteiger partial charge in [0.05, 0.1) is 30.5 Å². The van der Waals surface area contributed by atoms with Crippen molar-refractivity contribution < 1.29 is 9.53 Å². The summed E-state index contributed by atoms with van der Waals surface area (Å²) in [5.41, 5.74) is 7.04. The number of nitrogens with two attached hydrogens (primary N) is 1. The SMILES string of the molecule is CC(C)CCc1c(CC(N)=O)nnn1CC1CCCO1. The third-order valence-corrected chi connectivity index (χ3v) is 3.62. The molecule has 1 unspecified atom stereocenters. The largest absolute Gasteiger partial charge is 0.376 e. The lowest BCUT2D eigenvalue weighted by Gasteiger charge is -2.13. The number of aromatic nitrogens is 3. The Labute approximate surface area is 119 Å². The highest BCUT2D eigenvalue weighted by Crippen LogP contribution is 2.18. The Bertz CT molecular complexity index is 450. The number of carbonyl (C=O) groups is 1. The van der Waals surface area contributed by atoms with Gasteiger partial charge in [0.15, 0.2) is 0 Å². The van der Waals surface area contributed by atoms with Crippen molar-refractivity contribution in [2.75, 3.05) is 6.61 Å². The molecule has 1 atom stereocenters. The number of amides is 1. The molecule has 0 aromatic carbocycles. The molecule has 2 rings (SSSR count). The van der Waals surface area contributed by atoms with Crippen LogP contribution >= 0.6 is 0 Å². The van der Waals surface area contributed by atoms with Gasteiger partial charge in [-0.3, -0.25) is 4.79 Å². The second-order valence-corrected chi connectivity index (χ2v) is 5.88. The Balaban J connectivity index is 2.11. The van der Waals surface area contributed by atoms with Gasteiger partial charge in [0.25, 0.3) is 0 Å². The van der Waals surface area contributed by atoms with Crippen molar-refractivity contribution in [1.82, 2.24) is 15.0 Å². The van der Waals surface area contributed by atoms with Crippen LogP contribution in [0.5, 0.6) is 0 Å². The molecule has 1 aromatic heterocycles. The van der Waals surface area contributed by atoms with Gasteiger partial charge in [-0.25, -0.2) is 4.68 Å². The van der Waals surface area contributed by atoms with E-state index in [4.69, 9.17) is 10.5 Å². The molecule has 0 radical (unpaired) electrons. The van der Waals surface area contributed by atoms with E-state index in [-0.39, 0.29) is 18.4 Å². The topological polar surface area (TPSA) is 83.0 Å². The van der Waals surface area contributed by atoms with Gasteiger partial charge in [-0.1, -0.05) is 19.1 Å². The summed E-state index contributed by atoms with van der Waals surface area (Å²) in [5, 5.41) is 8.32. The third-order valence-electron chi connectivity index (χ3n) is 3.62. The summed E-state index contributed by atoms with van der Waals surface area (Å²) in [5.74, 6) is 0.238. The minimum atomic E-state index is -0.361. The minimum absolute atomic E-state index is 0.166. The Kier molecular flexibility index (Phi) is 5.11. The maximum absolute atomic E-state index is 11.1. The fourth-order valence-corrected chi connectivity index (χ4v) is 2.50. The van der Waals surface area contributed by atoms with Crippen LogP contribution in [0, 0.1) is 5.92 Å². The van der Waals surface area contributed by atoms with Crippen LogP contribution in [0.3, 0.4) is 0 Å². The fraction of sp³-hybridized carbons (Fsp3) is 0.786. The zero-order valence-electron chi connectivity index (χ0n) is 12.3. The van der Waals surface area contributed by atoms with Gasteiger partial charge in [0.1, 0.15) is 0 Å². The molecule has 0 bridgehead atoms. The van der Waals surface area contributed by atoms with Crippen molar-refractivity contribution in [3.63, 3.8) is 0 Å². The van der Waals surface area contributed by atoms with Crippen molar-refractivity contribution in [1.29, 1.82) is 0 Å². The average molecular weight is 280 g/mol. The van der Waals surface area contributed by atoms with Gasteiger partial charge in [-0.15, -0.1) is 5.10 Å². The molecule has 20 heavy (non-hydrogen) atoms. The van der Waals surface area contributed by atoms with Crippen molar-refractivity contribution >= 4 is 5.91 Å². The lowest BCUT2D eigenvalue weighted by molar-refractivity contribution is -0.117. The number of ether oxygens (including phenoxy) is 1. The summed E-state index contributed by atoms with van der Waals surface area (Å²) in [7, 11) is 0. The smallest absolute Gasteiger partial charge is 0.223 e. The number of primary amides is 1. The summed E-state index contributed by atoms with van der Waals surface area (Å²) in [6.45, 7) is 5.91. The molecule has 0 aliphatic carbocycles. The average Bonchev–Trinajstić information content (AvgIpc) is 2.98. The summed E-state index contributed by atoms with van der Waals surface area (Å²) >= 11 is 0. The van der Waals surface area contributed by atoms with E-state index in [9.17, 15) is 4.79 Å². The van der Waals surface area contributed by atoms with Gasteiger partial charge in [0.2, 0.25) is 5.91 Å². The van der Waals surface area contributed by atoms with E-state index in [2.05, 4.69) is 24.2 Å². The van der Waals surface area contributed by atoms with Crippen LogP contribution < -0.4 is 5.73 Å². The van der Waals surface area contributed by atoms with E-state index in [0.29, 0.717) is 5.92 Å². The second-order valence-electron chi connectivity index (χ2n) is 5.88. The summed E-state index contributed by atoms with van der Waals surface area (Å²) in [4.78, 5) is 11.1. The molecule has 1 amide bonds. The van der Waals surface area contributed by atoms with Gasteiger partial charge >= 0.3 is 0 Å². The van der Waals surface area contributed by atoms with Gasteiger partial charge in [0, 0.05) is 6.61 Å². The standard InChI is InChI=1S/C14H24N4O2/c1-10(2)5-6-13-12(8-14(15)19)16-17-18(13)9-11-4-3-7-20-11/h10-11H,3-9H2,1-2H3,(H2,15,19). The first-order valence-electron chi connectivity index (χ1n) is 7.37. The van der Waals surface area contributed by atoms with Gasteiger partial charge in [-0.2, -0.15) is 0 Å². The van der Waals surface area contributed by atoms with Crippen molar-refractivity contribution in [2.24, 2.45) is 11.7 Å². The molecular formula is C14H24N4O2. The zero-order chi connectivity index (χ0) is 14.5. The minimum Gasteiger partial charge on any atom is -0.376 e. The Morgan fingerprint density at radius 1 is 1.55 bits per heavy atom. The first-order chi connectivity index (χ1) is 9.56. The molecular weight excluding hydrogens is 256 g/mol. The molecule has 1 aliphatic heterocycles. The Morgan fingerprint density at radius 3 is 2.95 bits per heavy atom. The molecule has 1 aliphatic rings. The van der Waals surface area contributed by atoms with E-state index >= 15 is 0 Å². The predicted molar refractivity (Wildman–Crippen MR) is 75.1 cm³/mol. The first kappa shape index (κ1) is 15.0. The van der Waals surface area contributed by atoms with Crippen LogP contribution in [0.4, 0.5) is 0 Å². The predicted octanol–water partition coefficient (Wildman–Crippen LogP) is 1.07. The van der Waals surface area contributed by atoms with Gasteiger partial charge < -0.3 is 10.5 Å². The van der Waals surface area contributed by atoms with Gasteiger partial charge in [-0.05, 0) is 31.6 Å². The maximum atomic E-state index is 11.1. The van der Waals surface area contributed by atoms with Crippen LogP contribution in [0.2, 0.25) is 0 Å². The molecule has 1 aromatic rings. The van der Waals surface area contributed by atoms with Crippen molar-refractivity contribution in [3.05, 3.63) is 11.4 Å². The molecule has 112 valence electrons. The number of rotatable bonds is 7. The fourth-order valence-electron chi connectivity index (χ4n) is 2.50. The van der Waals surface area contributed by atoms with E-state index in [1.165, 1.54) is 0 Å². The molecule has 1 fully saturated rings. The van der Waals surface area contributed by atoms with E-state index in [1.807, 2.05) is 4.68 Å². The Hall–Kier alpha value is -1.43. The molecule has 6 nitrogen and oxygen atoms in total. The molecule has 0 spiro atoms. The summed E-state index contributed by atoms with van der Waals surface area (Å²) < 4.78 is 7.55. The quantitative estimate of drug-likeness (QED) is 0.810. The molecule has 2 N–H and O–H groups in total. The zero-order valence-corrected chi connectivity index (χ0v) is 12.3. The first-order valence-corrected chi connectivity index (χ1v) is 7.37. The summed E-state index contributed by atoms with van der Waals surface area (Å²) in [6, 6.07) is 0. The monoisotopic (exact) mass is 280 g/mol. The lowest BCUT2D eigenvalue weighted by Crippen LogP contribution is -2.19. The van der Waals surface area contributed by atoms with Crippen LogP contribution in [0.1, 0.15) is 44.5 Å².